The van der Waals surface area contributed by atoms with Crippen molar-refractivity contribution in [3.63, 3.8) is 0 Å². The van der Waals surface area contributed by atoms with Gasteiger partial charge in [-0.25, -0.2) is 0 Å². The highest BCUT2D eigenvalue weighted by Gasteiger charge is 2.34. The lowest BCUT2D eigenvalue weighted by atomic mass is 9.98. The van der Waals surface area contributed by atoms with E-state index in [4.69, 9.17) is 5.73 Å². The predicted octanol–water partition coefficient (Wildman–Crippen LogP) is 2.55. The summed E-state index contributed by atoms with van der Waals surface area (Å²) >= 11 is 0. The van der Waals surface area contributed by atoms with Gasteiger partial charge in [-0.05, 0) is 51.8 Å². The average Bonchev–Trinajstić information content (AvgIpc) is 3.08. The molecule has 2 fully saturated rings. The predicted molar refractivity (Wildman–Crippen MR) is 88.4 cm³/mol. The fourth-order valence-electron chi connectivity index (χ4n) is 4.13. The molecule has 0 aliphatic carbocycles. The van der Waals surface area contributed by atoms with Gasteiger partial charge in [-0.1, -0.05) is 29.8 Å². The van der Waals surface area contributed by atoms with E-state index in [9.17, 15) is 0 Å². The molecule has 21 heavy (non-hydrogen) atoms. The summed E-state index contributed by atoms with van der Waals surface area (Å²) in [5, 5.41) is 0. The van der Waals surface area contributed by atoms with Crippen LogP contribution in [0.1, 0.15) is 43.4 Å². The number of likely N-dealkylation sites (tertiary alicyclic amines) is 2. The van der Waals surface area contributed by atoms with Crippen LogP contribution in [0.15, 0.2) is 24.3 Å². The quantitative estimate of drug-likeness (QED) is 0.924. The second kappa shape index (κ2) is 6.47. The maximum atomic E-state index is 6.34. The Labute approximate surface area is 129 Å². The monoisotopic (exact) mass is 287 g/mol. The van der Waals surface area contributed by atoms with Gasteiger partial charge in [0, 0.05) is 31.2 Å². The molecule has 3 atom stereocenters. The molecule has 0 amide bonds. The first kappa shape index (κ1) is 15.0. The fraction of sp³-hybridized carbons (Fsp3) is 0.667. The van der Waals surface area contributed by atoms with Gasteiger partial charge in [-0.2, -0.15) is 0 Å². The minimum Gasteiger partial charge on any atom is -0.326 e. The van der Waals surface area contributed by atoms with Crippen molar-refractivity contribution >= 4 is 0 Å². The van der Waals surface area contributed by atoms with Crippen LogP contribution in [0.4, 0.5) is 0 Å². The van der Waals surface area contributed by atoms with Crippen molar-refractivity contribution in [1.29, 1.82) is 0 Å². The highest BCUT2D eigenvalue weighted by molar-refractivity contribution is 5.26. The minimum absolute atomic E-state index is 0.170. The van der Waals surface area contributed by atoms with Crippen molar-refractivity contribution in [1.82, 2.24) is 9.80 Å². The first-order valence-electron chi connectivity index (χ1n) is 8.45. The van der Waals surface area contributed by atoms with Crippen molar-refractivity contribution in [3.8, 4) is 0 Å². The molecule has 2 aliphatic rings. The van der Waals surface area contributed by atoms with E-state index in [1.54, 1.807) is 0 Å². The van der Waals surface area contributed by atoms with Gasteiger partial charge in [0.15, 0.2) is 0 Å². The second-order valence-corrected chi connectivity index (χ2v) is 6.90. The SMILES string of the molecule is Cc1cccc(C(C(C)N)N2CCC(N3CCCC3)C2)c1. The van der Waals surface area contributed by atoms with Gasteiger partial charge in [0.1, 0.15) is 0 Å². The third kappa shape index (κ3) is 3.31. The van der Waals surface area contributed by atoms with Gasteiger partial charge >= 0.3 is 0 Å². The zero-order valence-corrected chi connectivity index (χ0v) is 13.5. The highest BCUT2D eigenvalue weighted by Crippen LogP contribution is 2.30. The number of nitrogens with zero attached hydrogens (tertiary/aromatic N) is 2. The molecule has 3 nitrogen and oxygen atoms in total. The zero-order chi connectivity index (χ0) is 14.8. The molecule has 1 aromatic carbocycles. The molecule has 0 radical (unpaired) electrons. The number of nitrogens with two attached hydrogens (primary N) is 1. The van der Waals surface area contributed by atoms with Crippen molar-refractivity contribution in [2.75, 3.05) is 26.2 Å². The van der Waals surface area contributed by atoms with Crippen LogP contribution in [0.25, 0.3) is 0 Å². The summed E-state index contributed by atoms with van der Waals surface area (Å²) in [5.74, 6) is 0. The van der Waals surface area contributed by atoms with Gasteiger partial charge in [0.25, 0.3) is 0 Å². The molecule has 2 N–H and O–H groups in total. The molecule has 116 valence electrons. The Hall–Kier alpha value is -0.900. The lowest BCUT2D eigenvalue weighted by Gasteiger charge is -2.32. The molecular formula is C18H29N3. The topological polar surface area (TPSA) is 32.5 Å². The summed E-state index contributed by atoms with van der Waals surface area (Å²) in [6, 6.07) is 10.1. The molecule has 3 heteroatoms. The van der Waals surface area contributed by atoms with E-state index < -0.39 is 0 Å². The second-order valence-electron chi connectivity index (χ2n) is 6.90. The van der Waals surface area contributed by atoms with Crippen molar-refractivity contribution in [2.24, 2.45) is 5.73 Å². The van der Waals surface area contributed by atoms with E-state index in [1.807, 2.05) is 0 Å². The first-order chi connectivity index (χ1) is 10.1. The van der Waals surface area contributed by atoms with E-state index >= 15 is 0 Å². The minimum atomic E-state index is 0.170. The Bertz CT molecular complexity index is 465. The molecule has 2 heterocycles. The maximum Gasteiger partial charge on any atom is 0.0497 e. The molecule has 2 aliphatic heterocycles. The fourth-order valence-corrected chi connectivity index (χ4v) is 4.13. The molecule has 0 aromatic heterocycles. The zero-order valence-electron chi connectivity index (χ0n) is 13.5. The Kier molecular flexibility index (Phi) is 4.63. The van der Waals surface area contributed by atoms with Crippen molar-refractivity contribution in [3.05, 3.63) is 35.4 Å². The molecule has 0 saturated carbocycles. The van der Waals surface area contributed by atoms with E-state index in [0.29, 0.717) is 6.04 Å². The number of hydrogen-bond acceptors (Lipinski definition) is 3. The van der Waals surface area contributed by atoms with Crippen LogP contribution < -0.4 is 5.73 Å². The van der Waals surface area contributed by atoms with Crippen LogP contribution in [0.5, 0.6) is 0 Å². The molecule has 2 saturated heterocycles. The smallest absolute Gasteiger partial charge is 0.0497 e. The first-order valence-corrected chi connectivity index (χ1v) is 8.45. The number of aryl methyl sites for hydroxylation is 1. The van der Waals surface area contributed by atoms with Crippen LogP contribution in [0.3, 0.4) is 0 Å². The highest BCUT2D eigenvalue weighted by atomic mass is 15.3. The molecule has 1 aromatic rings. The lowest BCUT2D eigenvalue weighted by molar-refractivity contribution is 0.185. The molecular weight excluding hydrogens is 258 g/mol. The van der Waals surface area contributed by atoms with Gasteiger partial charge in [0.05, 0.1) is 0 Å². The Balaban J connectivity index is 1.73. The summed E-state index contributed by atoms with van der Waals surface area (Å²) < 4.78 is 0. The van der Waals surface area contributed by atoms with Crippen LogP contribution >= 0.6 is 0 Å². The van der Waals surface area contributed by atoms with Gasteiger partial charge in [-0.15, -0.1) is 0 Å². The molecule has 0 spiro atoms. The third-order valence-electron chi connectivity index (χ3n) is 5.13. The maximum absolute atomic E-state index is 6.34. The number of hydrogen-bond donors (Lipinski definition) is 1. The standard InChI is InChI=1S/C18H29N3/c1-14-6-5-7-16(12-14)18(15(2)19)21-11-8-17(13-21)20-9-3-4-10-20/h5-7,12,15,17-18H,3-4,8-11,13,19H2,1-2H3. The van der Waals surface area contributed by atoms with E-state index in [1.165, 1.54) is 56.6 Å². The van der Waals surface area contributed by atoms with Crippen molar-refractivity contribution < 1.29 is 0 Å². The molecule has 0 bridgehead atoms. The normalized spacial score (nSPS) is 27.1. The molecule has 3 unspecified atom stereocenters. The summed E-state index contributed by atoms with van der Waals surface area (Å²) in [6.45, 7) is 9.27. The van der Waals surface area contributed by atoms with E-state index in [2.05, 4.69) is 47.9 Å². The number of benzene rings is 1. The Morgan fingerprint density at radius 2 is 1.95 bits per heavy atom. The van der Waals surface area contributed by atoms with Crippen molar-refractivity contribution in [2.45, 2.75) is 51.2 Å². The summed E-state index contributed by atoms with van der Waals surface area (Å²) in [5.41, 5.74) is 9.05. The summed E-state index contributed by atoms with van der Waals surface area (Å²) in [4.78, 5) is 5.30. The summed E-state index contributed by atoms with van der Waals surface area (Å²) in [6.07, 6.45) is 4.06. The van der Waals surface area contributed by atoms with Crippen LogP contribution in [-0.2, 0) is 0 Å². The van der Waals surface area contributed by atoms with Gasteiger partial charge < -0.3 is 5.73 Å². The van der Waals surface area contributed by atoms with Crippen LogP contribution in [-0.4, -0.2) is 48.1 Å². The lowest BCUT2D eigenvalue weighted by Crippen LogP contribution is -2.41. The van der Waals surface area contributed by atoms with Gasteiger partial charge in [-0.3, -0.25) is 9.80 Å². The third-order valence-corrected chi connectivity index (χ3v) is 5.13. The van der Waals surface area contributed by atoms with Gasteiger partial charge in [0.2, 0.25) is 0 Å². The Morgan fingerprint density at radius 1 is 1.19 bits per heavy atom. The van der Waals surface area contributed by atoms with E-state index in [0.717, 1.165) is 6.04 Å². The molecule has 3 rings (SSSR count). The van der Waals surface area contributed by atoms with E-state index in [-0.39, 0.29) is 6.04 Å². The number of rotatable bonds is 4. The largest absolute Gasteiger partial charge is 0.326 e. The summed E-state index contributed by atoms with van der Waals surface area (Å²) in [7, 11) is 0. The average molecular weight is 287 g/mol. The van der Waals surface area contributed by atoms with Crippen LogP contribution in [0, 0.1) is 6.92 Å². The Morgan fingerprint density at radius 3 is 2.62 bits per heavy atom. The van der Waals surface area contributed by atoms with Crippen LogP contribution in [0.2, 0.25) is 0 Å².